The van der Waals surface area contributed by atoms with Crippen LogP contribution in [0.4, 0.5) is 4.79 Å². The average Bonchev–Trinajstić information content (AvgIpc) is 3.18. The summed E-state index contributed by atoms with van der Waals surface area (Å²) in [5, 5.41) is 1.18. The first-order chi connectivity index (χ1) is 13.2. The summed E-state index contributed by atoms with van der Waals surface area (Å²) in [6, 6.07) is 8.46. The Morgan fingerprint density at radius 3 is 2.89 bits per heavy atom. The van der Waals surface area contributed by atoms with Gasteiger partial charge in [-0.05, 0) is 50.4 Å². The second-order valence-electron chi connectivity index (χ2n) is 7.40. The number of hydrogen-bond acceptors (Lipinski definition) is 5. The summed E-state index contributed by atoms with van der Waals surface area (Å²) in [7, 11) is 0. The molecular formula is C21H28N2O4. The van der Waals surface area contributed by atoms with Crippen LogP contribution in [-0.4, -0.2) is 67.9 Å². The van der Waals surface area contributed by atoms with E-state index in [-0.39, 0.29) is 12.2 Å². The van der Waals surface area contributed by atoms with E-state index in [1.807, 2.05) is 13.0 Å². The molecule has 0 bridgehead atoms. The predicted molar refractivity (Wildman–Crippen MR) is 103 cm³/mol. The van der Waals surface area contributed by atoms with Crippen LogP contribution < -0.4 is 0 Å². The summed E-state index contributed by atoms with van der Waals surface area (Å²) in [5.41, 5.74) is 2.37. The number of ether oxygens (including phenoxy) is 2. The maximum atomic E-state index is 11.9. The van der Waals surface area contributed by atoms with E-state index in [1.165, 1.54) is 10.9 Å². The van der Waals surface area contributed by atoms with Gasteiger partial charge in [0.25, 0.3) is 0 Å². The maximum Gasteiger partial charge on any atom is 0.409 e. The van der Waals surface area contributed by atoms with Gasteiger partial charge < -0.3 is 23.7 Å². The summed E-state index contributed by atoms with van der Waals surface area (Å²) in [4.78, 5) is 16.2. The van der Waals surface area contributed by atoms with Crippen molar-refractivity contribution in [1.29, 1.82) is 0 Å². The molecule has 6 heteroatoms. The van der Waals surface area contributed by atoms with Crippen molar-refractivity contribution in [3.8, 4) is 0 Å². The summed E-state index contributed by atoms with van der Waals surface area (Å²) in [6.07, 6.45) is 3.85. The summed E-state index contributed by atoms with van der Waals surface area (Å²) in [6.45, 7) is 7.02. The number of carbonyl (C=O) groups is 1. The van der Waals surface area contributed by atoms with Crippen molar-refractivity contribution >= 4 is 17.1 Å². The number of likely N-dealkylation sites (tertiary alicyclic amines) is 1. The Balaban J connectivity index is 1.31. The highest BCUT2D eigenvalue weighted by Gasteiger charge is 2.29. The van der Waals surface area contributed by atoms with Gasteiger partial charge in [0.05, 0.1) is 32.1 Å². The zero-order chi connectivity index (χ0) is 18.6. The van der Waals surface area contributed by atoms with Gasteiger partial charge in [0, 0.05) is 18.5 Å². The molecule has 1 amide bonds. The van der Waals surface area contributed by atoms with Gasteiger partial charge in [0.2, 0.25) is 0 Å². The third kappa shape index (κ3) is 4.12. The lowest BCUT2D eigenvalue weighted by atomic mass is 9.88. The monoisotopic (exact) mass is 372 g/mol. The number of nitrogens with zero attached hydrogens (tertiary/aromatic N) is 2. The van der Waals surface area contributed by atoms with E-state index in [2.05, 4.69) is 23.1 Å². The van der Waals surface area contributed by atoms with Crippen LogP contribution in [-0.2, 0) is 9.47 Å². The first-order valence-corrected chi connectivity index (χ1v) is 9.96. The van der Waals surface area contributed by atoms with Crippen LogP contribution >= 0.6 is 0 Å². The van der Waals surface area contributed by atoms with E-state index < -0.39 is 0 Å². The van der Waals surface area contributed by atoms with Crippen molar-refractivity contribution in [1.82, 2.24) is 9.80 Å². The lowest BCUT2D eigenvalue weighted by Crippen LogP contribution is -2.50. The summed E-state index contributed by atoms with van der Waals surface area (Å²) >= 11 is 0. The Hall–Kier alpha value is -2.05. The number of furan rings is 1. The van der Waals surface area contributed by atoms with Crippen LogP contribution in [0.25, 0.3) is 11.0 Å². The molecule has 0 N–H and O–H groups in total. The molecule has 4 rings (SSSR count). The largest absolute Gasteiger partial charge is 0.464 e. The van der Waals surface area contributed by atoms with E-state index >= 15 is 0 Å². The molecule has 2 aliphatic rings. The van der Waals surface area contributed by atoms with Gasteiger partial charge in [-0.25, -0.2) is 4.79 Å². The van der Waals surface area contributed by atoms with Gasteiger partial charge in [0.1, 0.15) is 5.58 Å². The number of morpholine rings is 1. The quantitative estimate of drug-likeness (QED) is 0.823. The number of amides is 1. The minimum atomic E-state index is -0.226. The topological polar surface area (TPSA) is 55.1 Å². The lowest BCUT2D eigenvalue weighted by molar-refractivity contribution is -0.0427. The number of benzene rings is 1. The van der Waals surface area contributed by atoms with Gasteiger partial charge in [0.15, 0.2) is 0 Å². The lowest BCUT2D eigenvalue weighted by Gasteiger charge is -2.37. The molecule has 2 fully saturated rings. The second kappa shape index (κ2) is 8.31. The van der Waals surface area contributed by atoms with Crippen LogP contribution in [0.15, 0.2) is 34.9 Å². The van der Waals surface area contributed by atoms with E-state index in [0.717, 1.165) is 38.1 Å². The van der Waals surface area contributed by atoms with Gasteiger partial charge in [-0.2, -0.15) is 0 Å². The molecule has 146 valence electrons. The number of rotatable bonds is 4. The number of piperidine rings is 1. The van der Waals surface area contributed by atoms with Crippen LogP contribution in [0.2, 0.25) is 0 Å². The van der Waals surface area contributed by atoms with Crippen LogP contribution in [0.1, 0.15) is 31.2 Å². The number of fused-ring (bicyclic) bond motifs is 1. The normalized spacial score (nSPS) is 22.3. The summed E-state index contributed by atoms with van der Waals surface area (Å²) < 4.78 is 16.7. The first-order valence-electron chi connectivity index (χ1n) is 9.96. The summed E-state index contributed by atoms with van der Waals surface area (Å²) in [5.74, 6) is 0.541. The average molecular weight is 372 g/mol. The Morgan fingerprint density at radius 2 is 2.07 bits per heavy atom. The Morgan fingerprint density at radius 1 is 1.22 bits per heavy atom. The third-order valence-corrected chi connectivity index (χ3v) is 5.66. The maximum absolute atomic E-state index is 11.9. The van der Waals surface area contributed by atoms with Crippen molar-refractivity contribution in [3.63, 3.8) is 0 Å². The van der Waals surface area contributed by atoms with Crippen LogP contribution in [0, 0.1) is 0 Å². The first kappa shape index (κ1) is 18.3. The molecule has 0 radical (unpaired) electrons. The minimum absolute atomic E-state index is 0.0632. The number of hydrogen-bond donors (Lipinski definition) is 0. The van der Waals surface area contributed by atoms with Crippen molar-refractivity contribution in [2.45, 2.75) is 31.8 Å². The van der Waals surface area contributed by atoms with Crippen molar-refractivity contribution < 1.29 is 18.7 Å². The van der Waals surface area contributed by atoms with E-state index in [1.54, 1.807) is 11.2 Å². The van der Waals surface area contributed by atoms with Crippen LogP contribution in [0.5, 0.6) is 0 Å². The van der Waals surface area contributed by atoms with Gasteiger partial charge in [-0.3, -0.25) is 0 Å². The van der Waals surface area contributed by atoms with Crippen molar-refractivity contribution in [3.05, 3.63) is 36.1 Å². The molecule has 27 heavy (non-hydrogen) atoms. The molecule has 0 spiro atoms. The minimum Gasteiger partial charge on any atom is -0.464 e. The molecule has 1 atom stereocenters. The SMILES string of the molecule is CCOC(=O)N1CCOC(CN2CCC(c3cccc4ccoc34)CC2)C1. The molecule has 0 saturated carbocycles. The zero-order valence-corrected chi connectivity index (χ0v) is 15.9. The van der Waals surface area contributed by atoms with Crippen molar-refractivity contribution in [2.75, 3.05) is 45.9 Å². The van der Waals surface area contributed by atoms with E-state index in [9.17, 15) is 4.79 Å². The van der Waals surface area contributed by atoms with Gasteiger partial charge >= 0.3 is 6.09 Å². The van der Waals surface area contributed by atoms with E-state index in [0.29, 0.717) is 32.2 Å². The third-order valence-electron chi connectivity index (χ3n) is 5.66. The smallest absolute Gasteiger partial charge is 0.409 e. The molecule has 2 aliphatic heterocycles. The molecule has 0 aliphatic carbocycles. The molecule has 6 nitrogen and oxygen atoms in total. The fraction of sp³-hybridized carbons (Fsp3) is 0.571. The van der Waals surface area contributed by atoms with Crippen LogP contribution in [0.3, 0.4) is 0 Å². The highest BCUT2D eigenvalue weighted by Crippen LogP contribution is 2.33. The van der Waals surface area contributed by atoms with Gasteiger partial charge in [-0.15, -0.1) is 0 Å². The second-order valence-corrected chi connectivity index (χ2v) is 7.40. The molecule has 1 aromatic carbocycles. The number of carbonyl (C=O) groups excluding carboxylic acids is 1. The fourth-order valence-corrected chi connectivity index (χ4v) is 4.26. The number of para-hydroxylation sites is 1. The Bertz CT molecular complexity index is 766. The van der Waals surface area contributed by atoms with Gasteiger partial charge in [-0.1, -0.05) is 18.2 Å². The molecule has 1 aromatic heterocycles. The fourth-order valence-electron chi connectivity index (χ4n) is 4.26. The Labute approximate surface area is 160 Å². The molecule has 2 saturated heterocycles. The highest BCUT2D eigenvalue weighted by atomic mass is 16.6. The molecular weight excluding hydrogens is 344 g/mol. The predicted octanol–water partition coefficient (Wildman–Crippen LogP) is 3.47. The highest BCUT2D eigenvalue weighted by molar-refractivity contribution is 5.80. The standard InChI is InChI=1S/C21H28N2O4/c1-2-25-21(24)23-11-13-26-18(15-23)14-22-9-6-16(7-10-22)19-5-3-4-17-8-12-27-20(17)19/h3-5,8,12,16,18H,2,6-7,9-11,13-15H2,1H3. The molecule has 3 heterocycles. The Kier molecular flexibility index (Phi) is 5.64. The zero-order valence-electron chi connectivity index (χ0n) is 15.9. The molecule has 2 aromatic rings. The molecule has 1 unspecified atom stereocenters. The van der Waals surface area contributed by atoms with E-state index in [4.69, 9.17) is 13.9 Å². The van der Waals surface area contributed by atoms with Crippen molar-refractivity contribution in [2.24, 2.45) is 0 Å².